The number of hydrogen-bond donors (Lipinski definition) is 0. The third-order valence-electron chi connectivity index (χ3n) is 6.31. The molecule has 31 heavy (non-hydrogen) atoms. The number of aromatic nitrogens is 4. The first-order valence-electron chi connectivity index (χ1n) is 11.0. The van der Waals surface area contributed by atoms with Gasteiger partial charge < -0.3 is 9.13 Å². The standard InChI is InChI=1S/C25H24N4OS/c1-28-20-10-6-5-9-19(20)22(23(28)16-7-3-2-4-8-16)21(30)15-31-25-27-26-24(17-11-12-17)29(25)18-13-14-18/h2-10,17-18H,11-15H2,1H3. The van der Waals surface area contributed by atoms with E-state index < -0.39 is 0 Å². The van der Waals surface area contributed by atoms with E-state index in [0.717, 1.165) is 38.7 Å². The number of para-hydroxylation sites is 1. The lowest BCUT2D eigenvalue weighted by atomic mass is 10.0. The molecule has 0 bridgehead atoms. The smallest absolute Gasteiger partial charge is 0.191 e. The lowest BCUT2D eigenvalue weighted by molar-refractivity contribution is 0.102. The van der Waals surface area contributed by atoms with E-state index in [-0.39, 0.29) is 5.78 Å². The summed E-state index contributed by atoms with van der Waals surface area (Å²) in [4.78, 5) is 13.6. The number of ketones is 1. The molecule has 0 radical (unpaired) electrons. The van der Waals surface area contributed by atoms with Crippen molar-refractivity contribution >= 4 is 28.4 Å². The van der Waals surface area contributed by atoms with Crippen LogP contribution in [0, 0.1) is 0 Å². The number of nitrogens with zero attached hydrogens (tertiary/aromatic N) is 4. The fraction of sp³-hybridized carbons (Fsp3) is 0.320. The molecule has 2 fully saturated rings. The van der Waals surface area contributed by atoms with Gasteiger partial charge in [-0.15, -0.1) is 10.2 Å². The summed E-state index contributed by atoms with van der Waals surface area (Å²) in [6.45, 7) is 0. The maximum atomic E-state index is 13.6. The summed E-state index contributed by atoms with van der Waals surface area (Å²) in [6.07, 6.45) is 4.82. The highest BCUT2D eigenvalue weighted by atomic mass is 32.2. The molecule has 0 unspecified atom stereocenters. The van der Waals surface area contributed by atoms with Crippen LogP contribution < -0.4 is 0 Å². The predicted molar refractivity (Wildman–Crippen MR) is 124 cm³/mol. The van der Waals surface area contributed by atoms with E-state index >= 15 is 0 Å². The summed E-state index contributed by atoms with van der Waals surface area (Å²) in [5.74, 6) is 2.20. The molecule has 0 saturated heterocycles. The maximum absolute atomic E-state index is 13.6. The van der Waals surface area contributed by atoms with Crippen molar-refractivity contribution in [2.45, 2.75) is 42.8 Å². The number of hydrogen-bond acceptors (Lipinski definition) is 4. The molecule has 2 saturated carbocycles. The Kier molecular flexibility index (Phi) is 4.49. The van der Waals surface area contributed by atoms with Crippen molar-refractivity contribution in [1.29, 1.82) is 0 Å². The molecule has 0 N–H and O–H groups in total. The Morgan fingerprint density at radius 1 is 1.00 bits per heavy atom. The molecule has 0 amide bonds. The summed E-state index contributed by atoms with van der Waals surface area (Å²) in [5, 5.41) is 10.9. The zero-order valence-corrected chi connectivity index (χ0v) is 18.3. The largest absolute Gasteiger partial charge is 0.343 e. The number of Topliss-reactive ketones (excluding diaryl/α,β-unsaturated/α-hetero) is 1. The SMILES string of the molecule is Cn1c(-c2ccccc2)c(C(=O)CSc2nnc(C3CC3)n2C2CC2)c2ccccc21. The lowest BCUT2D eigenvalue weighted by Gasteiger charge is -2.09. The molecule has 4 aromatic rings. The number of benzene rings is 2. The number of carbonyl (C=O) groups is 1. The monoisotopic (exact) mass is 428 g/mol. The molecule has 0 spiro atoms. The van der Waals surface area contributed by atoms with Gasteiger partial charge in [0.25, 0.3) is 0 Å². The third-order valence-corrected chi connectivity index (χ3v) is 7.25. The lowest BCUT2D eigenvalue weighted by Crippen LogP contribution is -2.07. The van der Waals surface area contributed by atoms with Crippen molar-refractivity contribution in [3.63, 3.8) is 0 Å². The molecule has 6 rings (SSSR count). The van der Waals surface area contributed by atoms with Crippen molar-refractivity contribution in [3.8, 4) is 11.3 Å². The van der Waals surface area contributed by atoms with Crippen LogP contribution in [0.1, 0.15) is 53.8 Å². The Morgan fingerprint density at radius 3 is 2.48 bits per heavy atom. The van der Waals surface area contributed by atoms with Gasteiger partial charge in [0.1, 0.15) is 5.82 Å². The van der Waals surface area contributed by atoms with Crippen LogP contribution >= 0.6 is 11.8 Å². The summed E-state index contributed by atoms with van der Waals surface area (Å²) in [7, 11) is 2.04. The predicted octanol–water partition coefficient (Wildman–Crippen LogP) is 5.62. The van der Waals surface area contributed by atoms with Gasteiger partial charge in [-0.05, 0) is 37.3 Å². The van der Waals surface area contributed by atoms with Gasteiger partial charge in [-0.2, -0.15) is 0 Å². The van der Waals surface area contributed by atoms with Gasteiger partial charge in [-0.25, -0.2) is 0 Å². The fourth-order valence-corrected chi connectivity index (χ4v) is 5.38. The Balaban J connectivity index is 1.36. The first-order valence-corrected chi connectivity index (χ1v) is 11.9. The van der Waals surface area contributed by atoms with Crippen LogP contribution in [0.3, 0.4) is 0 Å². The van der Waals surface area contributed by atoms with Crippen LogP contribution in [-0.4, -0.2) is 30.9 Å². The minimum Gasteiger partial charge on any atom is -0.343 e. The first kappa shape index (κ1) is 18.9. The Bertz CT molecular complexity index is 1280. The Labute approximate surface area is 185 Å². The van der Waals surface area contributed by atoms with Crippen LogP contribution in [0.25, 0.3) is 22.2 Å². The average molecular weight is 429 g/mol. The molecular formula is C25H24N4OS. The van der Waals surface area contributed by atoms with E-state index in [4.69, 9.17) is 0 Å². The second-order valence-corrected chi connectivity index (χ2v) is 9.54. The normalized spacial score (nSPS) is 16.2. The van der Waals surface area contributed by atoms with Crippen LogP contribution in [-0.2, 0) is 7.05 Å². The number of aryl methyl sites for hydroxylation is 1. The topological polar surface area (TPSA) is 52.7 Å². The molecule has 5 nitrogen and oxygen atoms in total. The molecule has 2 aliphatic rings. The number of carbonyl (C=O) groups excluding carboxylic acids is 1. The minimum absolute atomic E-state index is 0.138. The molecule has 156 valence electrons. The number of thioether (sulfide) groups is 1. The molecule has 2 aromatic carbocycles. The van der Waals surface area contributed by atoms with Gasteiger partial charge in [0.05, 0.1) is 17.0 Å². The maximum Gasteiger partial charge on any atom is 0.191 e. The van der Waals surface area contributed by atoms with Gasteiger partial charge in [-0.1, -0.05) is 60.3 Å². The summed E-state index contributed by atoms with van der Waals surface area (Å²) in [6, 6.07) is 18.9. The van der Waals surface area contributed by atoms with E-state index in [1.165, 1.54) is 37.4 Å². The molecular weight excluding hydrogens is 404 g/mol. The van der Waals surface area contributed by atoms with Crippen molar-refractivity contribution in [1.82, 2.24) is 19.3 Å². The highest BCUT2D eigenvalue weighted by Gasteiger charge is 2.36. The zero-order chi connectivity index (χ0) is 20.9. The summed E-state index contributed by atoms with van der Waals surface area (Å²) in [5.41, 5.74) is 3.92. The van der Waals surface area contributed by atoms with Crippen LogP contribution in [0.15, 0.2) is 59.8 Å². The highest BCUT2D eigenvalue weighted by molar-refractivity contribution is 7.99. The second kappa shape index (κ2) is 7.38. The van der Waals surface area contributed by atoms with Gasteiger partial charge in [0.15, 0.2) is 10.9 Å². The van der Waals surface area contributed by atoms with Gasteiger partial charge in [0, 0.05) is 29.9 Å². The highest BCUT2D eigenvalue weighted by Crippen LogP contribution is 2.46. The zero-order valence-electron chi connectivity index (χ0n) is 17.5. The molecule has 0 aliphatic heterocycles. The molecule has 0 atom stereocenters. The van der Waals surface area contributed by atoms with Crippen molar-refractivity contribution in [2.24, 2.45) is 7.05 Å². The second-order valence-electron chi connectivity index (χ2n) is 8.59. The van der Waals surface area contributed by atoms with Crippen molar-refractivity contribution < 1.29 is 4.79 Å². The third kappa shape index (κ3) is 3.30. The summed E-state index contributed by atoms with van der Waals surface area (Å²) < 4.78 is 4.46. The van der Waals surface area contributed by atoms with Gasteiger partial charge in [-0.3, -0.25) is 4.79 Å². The Morgan fingerprint density at radius 2 is 1.74 bits per heavy atom. The van der Waals surface area contributed by atoms with Gasteiger partial charge >= 0.3 is 0 Å². The van der Waals surface area contributed by atoms with Gasteiger partial charge in [0.2, 0.25) is 0 Å². The van der Waals surface area contributed by atoms with E-state index in [1.54, 1.807) is 0 Å². The fourth-order valence-electron chi connectivity index (χ4n) is 4.49. The van der Waals surface area contributed by atoms with E-state index in [0.29, 0.717) is 17.7 Å². The van der Waals surface area contributed by atoms with Crippen molar-refractivity contribution in [3.05, 3.63) is 66.0 Å². The van der Waals surface area contributed by atoms with Crippen LogP contribution in [0.5, 0.6) is 0 Å². The van der Waals surface area contributed by atoms with E-state index in [1.807, 2.05) is 37.4 Å². The molecule has 2 aromatic heterocycles. The quantitative estimate of drug-likeness (QED) is 0.283. The average Bonchev–Trinajstić information content (AvgIpc) is 3.74. The van der Waals surface area contributed by atoms with E-state index in [2.05, 4.69) is 43.6 Å². The van der Waals surface area contributed by atoms with Crippen LogP contribution in [0.4, 0.5) is 0 Å². The minimum atomic E-state index is 0.138. The summed E-state index contributed by atoms with van der Waals surface area (Å²) >= 11 is 1.54. The van der Waals surface area contributed by atoms with Crippen LogP contribution in [0.2, 0.25) is 0 Å². The number of rotatable bonds is 7. The first-order chi connectivity index (χ1) is 15.2. The van der Waals surface area contributed by atoms with Crippen molar-refractivity contribution in [2.75, 3.05) is 5.75 Å². The molecule has 2 aliphatic carbocycles. The Hall–Kier alpha value is -2.86. The van der Waals surface area contributed by atoms with E-state index in [9.17, 15) is 4.79 Å². The molecule has 6 heteroatoms. The number of fused-ring (bicyclic) bond motifs is 1. The molecule has 2 heterocycles.